The van der Waals surface area contributed by atoms with Gasteiger partial charge in [0.05, 0.1) is 12.9 Å². The molecule has 0 aromatic carbocycles. The number of aromatic nitrogens is 4. The molecule has 12 heteroatoms. The van der Waals surface area contributed by atoms with Crippen LogP contribution < -0.4 is 5.73 Å². The normalized spacial score (nSPS) is 31.3. The van der Waals surface area contributed by atoms with E-state index in [1.165, 1.54) is 17.2 Å². The summed E-state index contributed by atoms with van der Waals surface area (Å²) >= 11 is 0. The number of imidazole rings is 1. The van der Waals surface area contributed by atoms with Crippen LogP contribution in [0.25, 0.3) is 21.6 Å². The SMILES string of the molecule is [N-]=[N+]=N[C@@]1(O)[C@@H](CO)O[C@@H](n2cnc3c(N)ncnc32)[C@@H]1O. The number of hydrogen-bond donors (Lipinski definition) is 4. The van der Waals surface area contributed by atoms with Crippen molar-refractivity contribution < 1.29 is 20.1 Å². The monoisotopic (exact) mass is 308 g/mol. The van der Waals surface area contributed by atoms with Crippen molar-refractivity contribution in [3.05, 3.63) is 23.1 Å². The van der Waals surface area contributed by atoms with E-state index in [0.29, 0.717) is 0 Å². The Hall–Kier alpha value is -2.50. The molecular formula is C10H12N8O4. The largest absolute Gasteiger partial charge is 0.394 e. The molecule has 116 valence electrons. The van der Waals surface area contributed by atoms with E-state index in [1.807, 2.05) is 0 Å². The molecule has 0 spiro atoms. The highest BCUT2D eigenvalue weighted by molar-refractivity contribution is 5.81. The second-order valence-electron chi connectivity index (χ2n) is 4.70. The Labute approximate surface area is 122 Å². The Balaban J connectivity index is 2.08. The van der Waals surface area contributed by atoms with Crippen molar-refractivity contribution in [3.63, 3.8) is 0 Å². The summed E-state index contributed by atoms with van der Waals surface area (Å²) in [6.07, 6.45) is -1.62. The summed E-state index contributed by atoms with van der Waals surface area (Å²) in [5, 5.41) is 33.0. The van der Waals surface area contributed by atoms with Crippen LogP contribution in [0.1, 0.15) is 6.23 Å². The molecule has 0 unspecified atom stereocenters. The number of fused-ring (bicyclic) bond motifs is 1. The third-order valence-corrected chi connectivity index (χ3v) is 3.51. The van der Waals surface area contributed by atoms with Gasteiger partial charge in [0.15, 0.2) is 17.7 Å². The summed E-state index contributed by atoms with van der Waals surface area (Å²) in [5.41, 5.74) is 12.4. The molecule has 12 nitrogen and oxygen atoms in total. The van der Waals surface area contributed by atoms with Gasteiger partial charge in [-0.3, -0.25) is 4.57 Å². The van der Waals surface area contributed by atoms with Crippen LogP contribution in [0.5, 0.6) is 0 Å². The molecule has 2 aromatic rings. The Bertz CT molecular complexity index is 758. The molecule has 5 N–H and O–H groups in total. The van der Waals surface area contributed by atoms with Gasteiger partial charge in [0.1, 0.15) is 24.1 Å². The maximum atomic E-state index is 10.3. The lowest BCUT2D eigenvalue weighted by atomic mass is 10.0. The molecule has 1 aliphatic heterocycles. The van der Waals surface area contributed by atoms with Crippen LogP contribution in [0.4, 0.5) is 5.82 Å². The van der Waals surface area contributed by atoms with Gasteiger partial charge in [0, 0.05) is 4.91 Å². The van der Waals surface area contributed by atoms with Crippen LogP contribution in [-0.2, 0) is 4.74 Å². The van der Waals surface area contributed by atoms with Gasteiger partial charge in [-0.05, 0) is 5.53 Å². The van der Waals surface area contributed by atoms with E-state index in [0.717, 1.165) is 0 Å². The molecule has 1 aliphatic rings. The molecule has 22 heavy (non-hydrogen) atoms. The van der Waals surface area contributed by atoms with Gasteiger partial charge in [0.2, 0.25) is 5.72 Å². The summed E-state index contributed by atoms with van der Waals surface area (Å²) in [4.78, 5) is 14.3. The number of rotatable bonds is 3. The molecule has 1 fully saturated rings. The smallest absolute Gasteiger partial charge is 0.202 e. The van der Waals surface area contributed by atoms with E-state index >= 15 is 0 Å². The fourth-order valence-electron chi connectivity index (χ4n) is 2.39. The molecule has 0 bridgehead atoms. The summed E-state index contributed by atoms with van der Waals surface area (Å²) in [6.45, 7) is -0.660. The fraction of sp³-hybridized carbons (Fsp3) is 0.500. The Morgan fingerprint density at radius 1 is 1.50 bits per heavy atom. The number of aliphatic hydroxyl groups excluding tert-OH is 2. The Kier molecular flexibility index (Phi) is 3.31. The van der Waals surface area contributed by atoms with Crippen molar-refractivity contribution in [2.45, 2.75) is 24.2 Å². The molecule has 0 saturated carbocycles. The third-order valence-electron chi connectivity index (χ3n) is 3.51. The van der Waals surface area contributed by atoms with E-state index in [2.05, 4.69) is 25.0 Å². The summed E-state index contributed by atoms with van der Waals surface area (Å²) < 4.78 is 6.70. The van der Waals surface area contributed by atoms with Gasteiger partial charge in [-0.2, -0.15) is 0 Å². The number of anilines is 1. The highest BCUT2D eigenvalue weighted by atomic mass is 16.6. The van der Waals surface area contributed by atoms with Crippen LogP contribution in [0, 0.1) is 0 Å². The maximum absolute atomic E-state index is 10.3. The van der Waals surface area contributed by atoms with E-state index < -0.39 is 30.8 Å². The van der Waals surface area contributed by atoms with Crippen LogP contribution >= 0.6 is 0 Å². The van der Waals surface area contributed by atoms with Crippen molar-refractivity contribution in [1.82, 2.24) is 19.5 Å². The Morgan fingerprint density at radius 2 is 2.27 bits per heavy atom. The summed E-state index contributed by atoms with van der Waals surface area (Å²) in [6, 6.07) is 0. The van der Waals surface area contributed by atoms with E-state index in [9.17, 15) is 15.3 Å². The van der Waals surface area contributed by atoms with Crippen LogP contribution in [-0.4, -0.2) is 59.4 Å². The molecule has 3 rings (SSSR count). The fourth-order valence-corrected chi connectivity index (χ4v) is 2.39. The highest BCUT2D eigenvalue weighted by Crippen LogP contribution is 2.39. The molecule has 0 radical (unpaired) electrons. The molecule has 0 amide bonds. The van der Waals surface area contributed by atoms with Crippen molar-refractivity contribution in [2.24, 2.45) is 5.11 Å². The maximum Gasteiger partial charge on any atom is 0.202 e. The minimum atomic E-state index is -2.32. The first-order valence-electron chi connectivity index (χ1n) is 6.19. The lowest BCUT2D eigenvalue weighted by Gasteiger charge is -2.24. The quantitative estimate of drug-likeness (QED) is 0.304. The number of azide groups is 1. The molecule has 2 aromatic heterocycles. The third kappa shape index (κ3) is 1.87. The average molecular weight is 308 g/mol. The minimum Gasteiger partial charge on any atom is -0.394 e. The number of nitrogens with two attached hydrogens (primary N) is 1. The first-order chi connectivity index (χ1) is 10.5. The second kappa shape index (κ2) is 5.05. The zero-order valence-corrected chi connectivity index (χ0v) is 11.1. The van der Waals surface area contributed by atoms with Crippen LogP contribution in [0.2, 0.25) is 0 Å². The Morgan fingerprint density at radius 3 is 2.95 bits per heavy atom. The number of aliphatic hydroxyl groups is 3. The molecule has 4 atom stereocenters. The predicted octanol–water partition coefficient (Wildman–Crippen LogP) is -1.34. The van der Waals surface area contributed by atoms with Crippen molar-refractivity contribution in [3.8, 4) is 0 Å². The van der Waals surface area contributed by atoms with Gasteiger partial charge in [-0.1, -0.05) is 5.11 Å². The van der Waals surface area contributed by atoms with Gasteiger partial charge in [0.25, 0.3) is 0 Å². The van der Waals surface area contributed by atoms with Crippen LogP contribution in [0.3, 0.4) is 0 Å². The zero-order chi connectivity index (χ0) is 15.9. The lowest BCUT2D eigenvalue weighted by molar-refractivity contribution is -0.0879. The highest BCUT2D eigenvalue weighted by Gasteiger charge is 2.56. The van der Waals surface area contributed by atoms with E-state index in [1.54, 1.807) is 0 Å². The molecule has 3 heterocycles. The van der Waals surface area contributed by atoms with Crippen molar-refractivity contribution >= 4 is 17.0 Å². The number of nitrogens with zero attached hydrogens (tertiary/aromatic N) is 7. The predicted molar refractivity (Wildman–Crippen MR) is 70.8 cm³/mol. The molecular weight excluding hydrogens is 296 g/mol. The standard InChI is InChI=1S/C10H12N8O4/c11-7-5-8(14-2-13-7)18(3-15-5)9-6(20)10(21,16-17-12)4(1-19)22-9/h2-4,6,9,19-21H,1H2,(H2,11,13,14)/t4-,6+,9-,10-/m1/s1. The van der Waals surface area contributed by atoms with Gasteiger partial charge in [-0.25, -0.2) is 15.0 Å². The average Bonchev–Trinajstić information content (AvgIpc) is 3.02. The second-order valence-corrected chi connectivity index (χ2v) is 4.70. The van der Waals surface area contributed by atoms with Crippen molar-refractivity contribution in [2.75, 3.05) is 12.3 Å². The number of ether oxygens (including phenoxy) is 1. The van der Waals surface area contributed by atoms with E-state index in [-0.39, 0.29) is 17.0 Å². The molecule has 1 saturated heterocycles. The van der Waals surface area contributed by atoms with Crippen molar-refractivity contribution in [1.29, 1.82) is 0 Å². The first-order valence-corrected chi connectivity index (χ1v) is 6.19. The lowest BCUT2D eigenvalue weighted by Crippen LogP contribution is -2.46. The van der Waals surface area contributed by atoms with Gasteiger partial charge >= 0.3 is 0 Å². The van der Waals surface area contributed by atoms with Gasteiger partial charge < -0.3 is 25.8 Å². The van der Waals surface area contributed by atoms with Gasteiger partial charge in [-0.15, -0.1) is 0 Å². The summed E-state index contributed by atoms with van der Waals surface area (Å²) in [5.74, 6) is 0.139. The number of hydrogen-bond acceptors (Lipinski definition) is 9. The zero-order valence-electron chi connectivity index (χ0n) is 11.1. The van der Waals surface area contributed by atoms with Crippen LogP contribution in [0.15, 0.2) is 17.8 Å². The topological polar surface area (TPSA) is 188 Å². The number of nitrogen functional groups attached to an aromatic ring is 1. The summed E-state index contributed by atoms with van der Waals surface area (Å²) in [7, 11) is 0. The molecule has 0 aliphatic carbocycles. The minimum absolute atomic E-state index is 0.139. The van der Waals surface area contributed by atoms with E-state index in [4.69, 9.17) is 16.0 Å². The first kappa shape index (κ1) is 14.4.